The molecule has 4 rings (SSSR count). The summed E-state index contributed by atoms with van der Waals surface area (Å²) in [6.07, 6.45) is 0. The number of nitrogens with zero attached hydrogens (tertiary/aromatic N) is 3. The molecule has 0 N–H and O–H groups in total. The van der Waals surface area contributed by atoms with Crippen molar-refractivity contribution in [3.05, 3.63) is 79.7 Å². The molecule has 2 aromatic carbocycles. The fourth-order valence-electron chi connectivity index (χ4n) is 4.33. The lowest BCUT2D eigenvalue weighted by Crippen LogP contribution is -2.46. The second kappa shape index (κ2) is 8.51. The van der Waals surface area contributed by atoms with Crippen molar-refractivity contribution in [2.75, 3.05) is 31.1 Å². The lowest BCUT2D eigenvalue weighted by atomic mass is 9.95. The molecule has 0 unspecified atom stereocenters. The van der Waals surface area contributed by atoms with E-state index in [0.717, 1.165) is 48.4 Å². The Morgan fingerprint density at radius 2 is 1.74 bits per heavy atom. The Balaban J connectivity index is 1.51. The van der Waals surface area contributed by atoms with E-state index in [-0.39, 0.29) is 16.2 Å². The van der Waals surface area contributed by atoms with Crippen LogP contribution in [0.2, 0.25) is 0 Å². The summed E-state index contributed by atoms with van der Waals surface area (Å²) in [5.74, 6) is 0.398. The first kappa shape index (κ1) is 21.1. The first-order chi connectivity index (χ1) is 14.8. The van der Waals surface area contributed by atoms with Gasteiger partial charge in [-0.05, 0) is 53.8 Å². The van der Waals surface area contributed by atoms with Crippen molar-refractivity contribution in [3.8, 4) is 0 Å². The maximum atomic E-state index is 12.1. The molecule has 31 heavy (non-hydrogen) atoms. The van der Waals surface area contributed by atoms with Gasteiger partial charge >= 0.3 is 5.63 Å². The van der Waals surface area contributed by atoms with E-state index in [4.69, 9.17) is 4.42 Å². The SMILES string of the molecule is Cc1cc2oc(=O)cc(CN3CCN(c4ccc([N+](=O)[O-])cc4)CC3)c2cc1C(C)C. The van der Waals surface area contributed by atoms with Crippen molar-refractivity contribution >= 4 is 22.3 Å². The standard InChI is InChI=1S/C24H27N3O4/c1-16(2)21-14-22-18(13-24(28)31-23(22)12-17(21)3)15-25-8-10-26(11-9-25)19-4-6-20(7-5-19)27(29)30/h4-7,12-14,16H,8-11,15H2,1-3H3. The summed E-state index contributed by atoms with van der Waals surface area (Å²) in [4.78, 5) is 27.2. The predicted octanol–water partition coefficient (Wildman–Crippen LogP) is 4.46. The predicted molar refractivity (Wildman–Crippen MR) is 122 cm³/mol. The summed E-state index contributed by atoms with van der Waals surface area (Å²) in [5, 5.41) is 11.9. The van der Waals surface area contributed by atoms with Gasteiger partial charge in [0.15, 0.2) is 0 Å². The van der Waals surface area contributed by atoms with Crippen LogP contribution in [0.15, 0.2) is 51.7 Å². The lowest BCUT2D eigenvalue weighted by molar-refractivity contribution is -0.384. The van der Waals surface area contributed by atoms with Crippen LogP contribution in [0.3, 0.4) is 0 Å². The van der Waals surface area contributed by atoms with Crippen molar-refractivity contribution in [3.63, 3.8) is 0 Å². The average Bonchev–Trinajstić information content (AvgIpc) is 2.73. The minimum atomic E-state index is -0.380. The molecule has 0 spiro atoms. The summed E-state index contributed by atoms with van der Waals surface area (Å²) < 4.78 is 5.48. The molecule has 1 fully saturated rings. The van der Waals surface area contributed by atoms with Gasteiger partial charge in [0.2, 0.25) is 0 Å². The maximum Gasteiger partial charge on any atom is 0.336 e. The molecule has 1 saturated heterocycles. The molecular weight excluding hydrogens is 394 g/mol. The topological polar surface area (TPSA) is 79.8 Å². The number of hydrogen-bond donors (Lipinski definition) is 0. The van der Waals surface area contributed by atoms with Crippen molar-refractivity contribution in [2.45, 2.75) is 33.2 Å². The number of hydrogen-bond acceptors (Lipinski definition) is 6. The lowest BCUT2D eigenvalue weighted by Gasteiger charge is -2.36. The van der Waals surface area contributed by atoms with Gasteiger partial charge in [-0.2, -0.15) is 0 Å². The molecule has 0 saturated carbocycles. The highest BCUT2D eigenvalue weighted by molar-refractivity contribution is 5.82. The molecule has 7 nitrogen and oxygen atoms in total. The zero-order chi connectivity index (χ0) is 22.1. The molecule has 1 aliphatic rings. The van der Waals surface area contributed by atoms with Crippen LogP contribution in [0.25, 0.3) is 11.0 Å². The fraction of sp³-hybridized carbons (Fsp3) is 0.375. The third-order valence-electron chi connectivity index (χ3n) is 6.03. The van der Waals surface area contributed by atoms with Crippen molar-refractivity contribution < 1.29 is 9.34 Å². The van der Waals surface area contributed by atoms with Gasteiger partial charge in [0.25, 0.3) is 5.69 Å². The van der Waals surface area contributed by atoms with Crippen LogP contribution >= 0.6 is 0 Å². The quantitative estimate of drug-likeness (QED) is 0.344. The highest BCUT2D eigenvalue weighted by atomic mass is 16.6. The largest absolute Gasteiger partial charge is 0.423 e. The Bertz CT molecular complexity index is 1160. The van der Waals surface area contributed by atoms with Gasteiger partial charge in [-0.1, -0.05) is 13.8 Å². The molecule has 1 aliphatic heterocycles. The van der Waals surface area contributed by atoms with E-state index in [0.29, 0.717) is 18.0 Å². The molecule has 0 amide bonds. The van der Waals surface area contributed by atoms with Crippen LogP contribution in [0.5, 0.6) is 0 Å². The molecule has 3 aromatic rings. The second-order valence-corrected chi connectivity index (χ2v) is 8.49. The molecular formula is C24H27N3O4. The molecule has 0 bridgehead atoms. The van der Waals surface area contributed by atoms with E-state index >= 15 is 0 Å². The third-order valence-corrected chi connectivity index (χ3v) is 6.03. The Morgan fingerprint density at radius 3 is 2.35 bits per heavy atom. The number of nitro benzene ring substituents is 1. The van der Waals surface area contributed by atoms with Gasteiger partial charge in [0.1, 0.15) is 5.58 Å². The Hall–Kier alpha value is -3.19. The number of rotatable bonds is 5. The fourth-order valence-corrected chi connectivity index (χ4v) is 4.33. The van der Waals surface area contributed by atoms with Crippen LogP contribution < -0.4 is 10.5 Å². The van der Waals surface area contributed by atoms with Crippen LogP contribution in [-0.4, -0.2) is 36.0 Å². The van der Waals surface area contributed by atoms with Gasteiger partial charge in [-0.15, -0.1) is 0 Å². The van der Waals surface area contributed by atoms with E-state index in [1.807, 2.05) is 6.07 Å². The first-order valence-corrected chi connectivity index (χ1v) is 10.6. The maximum absolute atomic E-state index is 12.1. The zero-order valence-electron chi connectivity index (χ0n) is 18.1. The normalized spacial score (nSPS) is 15.0. The van der Waals surface area contributed by atoms with E-state index in [1.54, 1.807) is 30.3 Å². The number of non-ortho nitro benzene ring substituents is 1. The van der Waals surface area contributed by atoms with Gasteiger partial charge in [-0.3, -0.25) is 15.0 Å². The zero-order valence-corrected chi connectivity index (χ0v) is 18.1. The van der Waals surface area contributed by atoms with Crippen LogP contribution in [0.4, 0.5) is 11.4 Å². The summed E-state index contributed by atoms with van der Waals surface area (Å²) >= 11 is 0. The van der Waals surface area contributed by atoms with Crippen molar-refractivity contribution in [1.82, 2.24) is 4.90 Å². The number of aryl methyl sites for hydroxylation is 1. The number of fused-ring (bicyclic) bond motifs is 1. The van der Waals surface area contributed by atoms with E-state index in [1.165, 1.54) is 5.56 Å². The van der Waals surface area contributed by atoms with Gasteiger partial charge in [0, 0.05) is 62.0 Å². The smallest absolute Gasteiger partial charge is 0.336 e. The summed E-state index contributed by atoms with van der Waals surface area (Å²) in [6.45, 7) is 10.4. The Labute approximate surface area is 181 Å². The van der Waals surface area contributed by atoms with Gasteiger partial charge in [0.05, 0.1) is 4.92 Å². The molecule has 162 valence electrons. The van der Waals surface area contributed by atoms with Crippen molar-refractivity contribution in [1.29, 1.82) is 0 Å². The number of nitro groups is 1. The van der Waals surface area contributed by atoms with Crippen LogP contribution in [0.1, 0.15) is 36.5 Å². The average molecular weight is 421 g/mol. The Kier molecular flexibility index (Phi) is 5.78. The van der Waals surface area contributed by atoms with Crippen molar-refractivity contribution in [2.24, 2.45) is 0 Å². The van der Waals surface area contributed by atoms with E-state index in [9.17, 15) is 14.9 Å². The summed E-state index contributed by atoms with van der Waals surface area (Å²) in [5.41, 5.74) is 4.83. The molecule has 0 radical (unpaired) electrons. The molecule has 7 heteroatoms. The van der Waals surface area contributed by atoms with E-state index in [2.05, 4.69) is 36.6 Å². The number of benzene rings is 2. The highest BCUT2D eigenvalue weighted by Gasteiger charge is 2.20. The molecule has 0 aliphatic carbocycles. The van der Waals surface area contributed by atoms with Crippen LogP contribution in [0, 0.1) is 17.0 Å². The third kappa shape index (κ3) is 4.46. The number of anilines is 1. The molecule has 1 aromatic heterocycles. The van der Waals surface area contributed by atoms with Gasteiger partial charge < -0.3 is 9.32 Å². The summed E-state index contributed by atoms with van der Waals surface area (Å²) in [6, 6.07) is 12.5. The van der Waals surface area contributed by atoms with Gasteiger partial charge in [-0.25, -0.2) is 4.79 Å². The highest BCUT2D eigenvalue weighted by Crippen LogP contribution is 2.28. The van der Waals surface area contributed by atoms with Crippen LogP contribution in [-0.2, 0) is 6.54 Å². The minimum Gasteiger partial charge on any atom is -0.423 e. The first-order valence-electron chi connectivity index (χ1n) is 10.6. The summed E-state index contributed by atoms with van der Waals surface area (Å²) in [7, 11) is 0. The monoisotopic (exact) mass is 421 g/mol. The minimum absolute atomic E-state index is 0.105. The Morgan fingerprint density at radius 1 is 1.06 bits per heavy atom. The molecule has 2 heterocycles. The van der Waals surface area contributed by atoms with E-state index < -0.39 is 0 Å². The molecule has 0 atom stereocenters. The second-order valence-electron chi connectivity index (χ2n) is 8.49. The number of piperazine rings is 1.